The molecule has 1 aliphatic heterocycles. The first kappa shape index (κ1) is 18.7. The zero-order valence-electron chi connectivity index (χ0n) is 16.2. The molecule has 2 aromatic heterocycles. The average Bonchev–Trinajstić information content (AvgIpc) is 2.80. The van der Waals surface area contributed by atoms with Crippen LogP contribution in [0, 0.1) is 0 Å². The van der Waals surface area contributed by atoms with Crippen molar-refractivity contribution in [2.24, 2.45) is 0 Å². The van der Waals surface area contributed by atoms with Gasteiger partial charge in [0, 0.05) is 44.8 Å². The van der Waals surface area contributed by atoms with Crippen molar-refractivity contribution in [3.8, 4) is 5.75 Å². The van der Waals surface area contributed by atoms with Gasteiger partial charge in [-0.2, -0.15) is 0 Å². The van der Waals surface area contributed by atoms with E-state index in [2.05, 4.69) is 25.2 Å². The van der Waals surface area contributed by atoms with Gasteiger partial charge in [0.05, 0.1) is 18.4 Å². The molecule has 0 unspecified atom stereocenters. The van der Waals surface area contributed by atoms with Crippen LogP contribution in [-0.4, -0.2) is 59.0 Å². The molecule has 3 aromatic rings. The number of piperazine rings is 1. The number of rotatable bonds is 5. The summed E-state index contributed by atoms with van der Waals surface area (Å²) in [5.41, 5.74) is 1.24. The van der Waals surface area contributed by atoms with E-state index in [1.807, 2.05) is 47.4 Å². The Balaban J connectivity index is 1.37. The summed E-state index contributed by atoms with van der Waals surface area (Å²) in [4.78, 5) is 29.7. The molecule has 1 aromatic carbocycles. The number of aromatic nitrogens is 3. The quantitative estimate of drug-likeness (QED) is 0.717. The molecule has 0 spiro atoms. The van der Waals surface area contributed by atoms with Crippen molar-refractivity contribution in [3.05, 3.63) is 66.6 Å². The standard InChI is InChI=1S/C21H22N6O2/c1-29-18-7-3-2-6-17(18)25-21-23-14-16(15-24-21)20(28)27-12-10-26(11-13-27)19-8-4-5-9-22-19/h2-9,14-15H,10-13H2,1H3,(H,23,24,25). The highest BCUT2D eigenvalue weighted by Crippen LogP contribution is 2.25. The highest BCUT2D eigenvalue weighted by molar-refractivity contribution is 5.94. The lowest BCUT2D eigenvalue weighted by atomic mass is 10.2. The van der Waals surface area contributed by atoms with E-state index in [4.69, 9.17) is 4.74 Å². The number of carbonyl (C=O) groups excluding carboxylic acids is 1. The maximum Gasteiger partial charge on any atom is 0.257 e. The number of nitrogens with zero attached hydrogens (tertiary/aromatic N) is 5. The molecule has 8 nitrogen and oxygen atoms in total. The number of amides is 1. The summed E-state index contributed by atoms with van der Waals surface area (Å²) in [6.45, 7) is 2.77. The SMILES string of the molecule is COc1ccccc1Nc1ncc(C(=O)N2CCN(c3ccccn3)CC2)cn1. The van der Waals surface area contributed by atoms with Crippen LogP contribution in [-0.2, 0) is 0 Å². The Morgan fingerprint density at radius 3 is 2.38 bits per heavy atom. The number of nitrogens with one attached hydrogen (secondary N) is 1. The zero-order valence-corrected chi connectivity index (χ0v) is 16.2. The largest absolute Gasteiger partial charge is 0.495 e. The number of para-hydroxylation sites is 2. The molecule has 1 aliphatic rings. The molecule has 8 heteroatoms. The van der Waals surface area contributed by atoms with Crippen LogP contribution in [0.15, 0.2) is 61.1 Å². The van der Waals surface area contributed by atoms with Gasteiger partial charge in [-0.05, 0) is 24.3 Å². The number of hydrogen-bond acceptors (Lipinski definition) is 7. The molecule has 1 fully saturated rings. The van der Waals surface area contributed by atoms with E-state index >= 15 is 0 Å². The summed E-state index contributed by atoms with van der Waals surface area (Å²) in [7, 11) is 1.61. The lowest BCUT2D eigenvalue weighted by Crippen LogP contribution is -2.49. The lowest BCUT2D eigenvalue weighted by Gasteiger charge is -2.35. The van der Waals surface area contributed by atoms with Crippen molar-refractivity contribution in [1.29, 1.82) is 0 Å². The molecular weight excluding hydrogens is 368 g/mol. The average molecular weight is 390 g/mol. The van der Waals surface area contributed by atoms with Crippen molar-refractivity contribution in [3.63, 3.8) is 0 Å². The van der Waals surface area contributed by atoms with E-state index in [-0.39, 0.29) is 5.91 Å². The van der Waals surface area contributed by atoms with Crippen LogP contribution in [0.4, 0.5) is 17.5 Å². The van der Waals surface area contributed by atoms with Gasteiger partial charge < -0.3 is 19.9 Å². The Bertz CT molecular complexity index is 956. The van der Waals surface area contributed by atoms with Gasteiger partial charge in [-0.25, -0.2) is 15.0 Å². The molecular formula is C21H22N6O2. The molecule has 0 aliphatic carbocycles. The van der Waals surface area contributed by atoms with Crippen molar-refractivity contribution in [2.75, 3.05) is 43.5 Å². The van der Waals surface area contributed by atoms with Crippen LogP contribution in [0.25, 0.3) is 0 Å². The van der Waals surface area contributed by atoms with Gasteiger partial charge in [0.2, 0.25) is 5.95 Å². The smallest absolute Gasteiger partial charge is 0.257 e. The van der Waals surface area contributed by atoms with Crippen molar-refractivity contribution in [1.82, 2.24) is 19.9 Å². The number of ether oxygens (including phenoxy) is 1. The number of hydrogen-bond donors (Lipinski definition) is 1. The van der Waals surface area contributed by atoms with Gasteiger partial charge in [-0.1, -0.05) is 18.2 Å². The first-order valence-electron chi connectivity index (χ1n) is 9.42. The summed E-state index contributed by atoms with van der Waals surface area (Å²) in [5, 5.41) is 3.11. The minimum absolute atomic E-state index is 0.0606. The van der Waals surface area contributed by atoms with Crippen molar-refractivity contribution >= 4 is 23.4 Å². The van der Waals surface area contributed by atoms with E-state index in [9.17, 15) is 4.79 Å². The number of carbonyl (C=O) groups is 1. The summed E-state index contributed by atoms with van der Waals surface area (Å²) in [6.07, 6.45) is 4.89. The Hall–Kier alpha value is -3.68. The van der Waals surface area contributed by atoms with Crippen LogP contribution < -0.4 is 15.0 Å². The number of methoxy groups -OCH3 is 1. The normalized spacial score (nSPS) is 13.8. The minimum Gasteiger partial charge on any atom is -0.495 e. The molecule has 0 radical (unpaired) electrons. The molecule has 0 saturated carbocycles. The van der Waals surface area contributed by atoms with Gasteiger partial charge in [0.15, 0.2) is 0 Å². The zero-order chi connectivity index (χ0) is 20.1. The second-order valence-electron chi connectivity index (χ2n) is 6.59. The number of benzene rings is 1. The molecule has 1 amide bonds. The Labute approximate surface area is 169 Å². The molecule has 0 bridgehead atoms. The van der Waals surface area contributed by atoms with Gasteiger partial charge >= 0.3 is 0 Å². The Kier molecular flexibility index (Phi) is 5.51. The minimum atomic E-state index is -0.0606. The van der Waals surface area contributed by atoms with E-state index in [0.29, 0.717) is 30.4 Å². The van der Waals surface area contributed by atoms with Crippen molar-refractivity contribution in [2.45, 2.75) is 0 Å². The third-order valence-corrected chi connectivity index (χ3v) is 4.79. The highest BCUT2D eigenvalue weighted by atomic mass is 16.5. The summed E-state index contributed by atoms with van der Waals surface area (Å²) in [6, 6.07) is 13.4. The van der Waals surface area contributed by atoms with E-state index in [0.717, 1.165) is 24.6 Å². The van der Waals surface area contributed by atoms with E-state index < -0.39 is 0 Å². The third kappa shape index (κ3) is 4.26. The van der Waals surface area contributed by atoms with Crippen LogP contribution >= 0.6 is 0 Å². The monoisotopic (exact) mass is 390 g/mol. The summed E-state index contributed by atoms with van der Waals surface area (Å²) >= 11 is 0. The molecule has 1 saturated heterocycles. The molecule has 4 rings (SSSR count). The summed E-state index contributed by atoms with van der Waals surface area (Å²) in [5.74, 6) is 1.98. The highest BCUT2D eigenvalue weighted by Gasteiger charge is 2.23. The fourth-order valence-electron chi connectivity index (χ4n) is 3.23. The second-order valence-corrected chi connectivity index (χ2v) is 6.59. The van der Waals surface area contributed by atoms with Crippen LogP contribution in [0.3, 0.4) is 0 Å². The third-order valence-electron chi connectivity index (χ3n) is 4.79. The molecule has 0 atom stereocenters. The van der Waals surface area contributed by atoms with Crippen LogP contribution in [0.2, 0.25) is 0 Å². The molecule has 148 valence electrons. The van der Waals surface area contributed by atoms with E-state index in [1.54, 1.807) is 25.7 Å². The fraction of sp³-hybridized carbons (Fsp3) is 0.238. The van der Waals surface area contributed by atoms with Crippen molar-refractivity contribution < 1.29 is 9.53 Å². The van der Waals surface area contributed by atoms with Crippen LogP contribution in [0.1, 0.15) is 10.4 Å². The second kappa shape index (κ2) is 8.55. The van der Waals surface area contributed by atoms with Gasteiger partial charge in [0.1, 0.15) is 11.6 Å². The lowest BCUT2D eigenvalue weighted by molar-refractivity contribution is 0.0745. The molecule has 1 N–H and O–H groups in total. The maximum absolute atomic E-state index is 12.8. The van der Waals surface area contributed by atoms with Crippen LogP contribution in [0.5, 0.6) is 5.75 Å². The molecule has 3 heterocycles. The maximum atomic E-state index is 12.8. The predicted molar refractivity (Wildman–Crippen MR) is 111 cm³/mol. The topological polar surface area (TPSA) is 83.5 Å². The summed E-state index contributed by atoms with van der Waals surface area (Å²) < 4.78 is 5.31. The van der Waals surface area contributed by atoms with E-state index in [1.165, 1.54) is 0 Å². The molecule has 29 heavy (non-hydrogen) atoms. The number of pyridine rings is 1. The number of anilines is 3. The first-order chi connectivity index (χ1) is 14.2. The van der Waals surface area contributed by atoms with Gasteiger partial charge in [-0.3, -0.25) is 4.79 Å². The Morgan fingerprint density at radius 2 is 1.69 bits per heavy atom. The fourth-order valence-corrected chi connectivity index (χ4v) is 3.23. The van der Waals surface area contributed by atoms with Gasteiger partial charge in [-0.15, -0.1) is 0 Å². The predicted octanol–water partition coefficient (Wildman–Crippen LogP) is 2.59. The Morgan fingerprint density at radius 1 is 0.966 bits per heavy atom. The van der Waals surface area contributed by atoms with Gasteiger partial charge in [0.25, 0.3) is 5.91 Å². The first-order valence-corrected chi connectivity index (χ1v) is 9.42.